The lowest BCUT2D eigenvalue weighted by Gasteiger charge is -2.18. The number of hydrogen-bond donors (Lipinski definition) is 1. The maximum atomic E-state index is 5.68. The van der Waals surface area contributed by atoms with E-state index in [2.05, 4.69) is 23.5 Å². The van der Waals surface area contributed by atoms with Crippen molar-refractivity contribution in [3.8, 4) is 0 Å². The van der Waals surface area contributed by atoms with Gasteiger partial charge in [0.15, 0.2) is 0 Å². The van der Waals surface area contributed by atoms with Gasteiger partial charge in [0, 0.05) is 18.1 Å². The van der Waals surface area contributed by atoms with Gasteiger partial charge in [-0.1, -0.05) is 12.1 Å². The Kier molecular flexibility index (Phi) is 3.30. The molecular weight excluding hydrogens is 194 g/mol. The molecule has 0 spiro atoms. The van der Waals surface area contributed by atoms with E-state index in [1.807, 2.05) is 0 Å². The molecule has 1 aromatic carbocycles. The number of hydrogen-bond acceptors (Lipinski definition) is 1. The molecule has 0 fully saturated rings. The molecule has 1 aliphatic heterocycles. The Hall–Kier alpha value is -0.690. The molecule has 1 nitrogen and oxygen atoms in total. The summed E-state index contributed by atoms with van der Waals surface area (Å²) in [6.07, 6.45) is 4.66. The van der Waals surface area contributed by atoms with E-state index in [9.17, 15) is 0 Å². The van der Waals surface area contributed by atoms with Crippen LogP contribution in [0, 0.1) is 0 Å². The summed E-state index contributed by atoms with van der Waals surface area (Å²) in [5, 5.41) is 3.42. The summed E-state index contributed by atoms with van der Waals surface area (Å²) in [7, 11) is 0. The Morgan fingerprint density at radius 1 is 1.36 bits per heavy atom. The summed E-state index contributed by atoms with van der Waals surface area (Å²) >= 11 is 5.68. The van der Waals surface area contributed by atoms with Crippen LogP contribution in [0.3, 0.4) is 0 Å². The summed E-state index contributed by atoms with van der Waals surface area (Å²) in [5.74, 6) is 0.759. The van der Waals surface area contributed by atoms with Crippen molar-refractivity contribution in [3.63, 3.8) is 0 Å². The first kappa shape index (κ1) is 9.85. The standard InChI is InChI=1S/C12H16ClN/c13-7-1-3-10-5-6-12-11(9-10)4-2-8-14-12/h5-6,9,14H,1-4,7-8H2. The van der Waals surface area contributed by atoms with Gasteiger partial charge in [0.25, 0.3) is 0 Å². The number of alkyl halides is 1. The van der Waals surface area contributed by atoms with Crippen LogP contribution in [0.1, 0.15) is 24.0 Å². The van der Waals surface area contributed by atoms with Crippen LogP contribution in [0.15, 0.2) is 18.2 Å². The van der Waals surface area contributed by atoms with E-state index >= 15 is 0 Å². The first-order valence-electron chi connectivity index (χ1n) is 5.32. The Morgan fingerprint density at radius 3 is 3.14 bits per heavy atom. The molecule has 76 valence electrons. The Balaban J connectivity index is 2.12. The van der Waals surface area contributed by atoms with E-state index in [0.29, 0.717) is 0 Å². The number of halogens is 1. The minimum Gasteiger partial charge on any atom is -0.385 e. The lowest BCUT2D eigenvalue weighted by molar-refractivity contribution is 0.824. The van der Waals surface area contributed by atoms with Gasteiger partial charge in [0.05, 0.1) is 0 Å². The summed E-state index contributed by atoms with van der Waals surface area (Å²) in [5.41, 5.74) is 4.22. The van der Waals surface area contributed by atoms with Crippen LogP contribution in [0.25, 0.3) is 0 Å². The zero-order chi connectivity index (χ0) is 9.80. The van der Waals surface area contributed by atoms with Gasteiger partial charge < -0.3 is 5.32 Å². The lowest BCUT2D eigenvalue weighted by Crippen LogP contribution is -2.11. The summed E-state index contributed by atoms with van der Waals surface area (Å²) in [6, 6.07) is 6.75. The first-order valence-corrected chi connectivity index (χ1v) is 5.85. The van der Waals surface area contributed by atoms with Crippen LogP contribution >= 0.6 is 11.6 Å². The maximum Gasteiger partial charge on any atom is 0.0372 e. The SMILES string of the molecule is ClCCCc1ccc2c(c1)CCCN2. The minimum atomic E-state index is 0.759. The average molecular weight is 210 g/mol. The minimum absolute atomic E-state index is 0.759. The third-order valence-corrected chi connectivity index (χ3v) is 2.97. The van der Waals surface area contributed by atoms with Gasteiger partial charge in [0.2, 0.25) is 0 Å². The molecule has 2 rings (SSSR count). The summed E-state index contributed by atoms with van der Waals surface area (Å²) < 4.78 is 0. The van der Waals surface area contributed by atoms with Gasteiger partial charge in [-0.05, 0) is 42.9 Å². The predicted molar refractivity (Wildman–Crippen MR) is 62.3 cm³/mol. The second-order valence-corrected chi connectivity index (χ2v) is 4.19. The lowest BCUT2D eigenvalue weighted by atomic mass is 9.99. The summed E-state index contributed by atoms with van der Waals surface area (Å²) in [4.78, 5) is 0. The topological polar surface area (TPSA) is 12.0 Å². The first-order chi connectivity index (χ1) is 6.90. The quantitative estimate of drug-likeness (QED) is 0.754. The van der Waals surface area contributed by atoms with E-state index in [1.54, 1.807) is 0 Å². The molecule has 0 amide bonds. The number of aryl methyl sites for hydroxylation is 2. The number of anilines is 1. The number of fused-ring (bicyclic) bond motifs is 1. The van der Waals surface area contributed by atoms with Gasteiger partial charge in [-0.3, -0.25) is 0 Å². The molecule has 0 aliphatic carbocycles. The Morgan fingerprint density at radius 2 is 2.29 bits per heavy atom. The second kappa shape index (κ2) is 4.70. The molecular formula is C12H16ClN. The van der Waals surface area contributed by atoms with Crippen molar-refractivity contribution in [2.45, 2.75) is 25.7 Å². The van der Waals surface area contributed by atoms with E-state index in [4.69, 9.17) is 11.6 Å². The van der Waals surface area contributed by atoms with Gasteiger partial charge >= 0.3 is 0 Å². The number of benzene rings is 1. The fourth-order valence-electron chi connectivity index (χ4n) is 1.95. The highest BCUT2D eigenvalue weighted by atomic mass is 35.5. The molecule has 0 saturated carbocycles. The van der Waals surface area contributed by atoms with Crippen molar-refractivity contribution in [3.05, 3.63) is 29.3 Å². The third-order valence-electron chi connectivity index (χ3n) is 2.71. The normalized spacial score (nSPS) is 14.6. The van der Waals surface area contributed by atoms with Crippen LogP contribution in [0.5, 0.6) is 0 Å². The Labute approximate surface area is 90.5 Å². The van der Waals surface area contributed by atoms with Crippen LogP contribution in [0.2, 0.25) is 0 Å². The van der Waals surface area contributed by atoms with Crippen LogP contribution in [0.4, 0.5) is 5.69 Å². The van der Waals surface area contributed by atoms with Gasteiger partial charge in [-0.15, -0.1) is 11.6 Å². The zero-order valence-corrected chi connectivity index (χ0v) is 9.11. The second-order valence-electron chi connectivity index (χ2n) is 3.81. The Bertz CT molecular complexity index is 309. The largest absolute Gasteiger partial charge is 0.385 e. The molecule has 0 radical (unpaired) electrons. The predicted octanol–water partition coefficient (Wildman–Crippen LogP) is 3.22. The molecule has 2 heteroatoms. The average Bonchev–Trinajstić information content (AvgIpc) is 2.26. The molecule has 1 N–H and O–H groups in total. The van der Waals surface area contributed by atoms with Crippen LogP contribution in [-0.4, -0.2) is 12.4 Å². The molecule has 0 aromatic heterocycles. The van der Waals surface area contributed by atoms with Crippen molar-refractivity contribution in [2.24, 2.45) is 0 Å². The van der Waals surface area contributed by atoms with Crippen molar-refractivity contribution >= 4 is 17.3 Å². The smallest absolute Gasteiger partial charge is 0.0372 e. The van der Waals surface area contributed by atoms with Crippen molar-refractivity contribution in [1.29, 1.82) is 0 Å². The van der Waals surface area contributed by atoms with Crippen molar-refractivity contribution < 1.29 is 0 Å². The van der Waals surface area contributed by atoms with Crippen molar-refractivity contribution in [1.82, 2.24) is 0 Å². The monoisotopic (exact) mass is 209 g/mol. The maximum absolute atomic E-state index is 5.68. The van der Waals surface area contributed by atoms with E-state index < -0.39 is 0 Å². The van der Waals surface area contributed by atoms with Gasteiger partial charge in [0.1, 0.15) is 0 Å². The van der Waals surface area contributed by atoms with E-state index in [0.717, 1.165) is 25.3 Å². The number of rotatable bonds is 3. The molecule has 0 saturated heterocycles. The van der Waals surface area contributed by atoms with E-state index in [1.165, 1.54) is 29.7 Å². The van der Waals surface area contributed by atoms with Gasteiger partial charge in [-0.25, -0.2) is 0 Å². The fraction of sp³-hybridized carbons (Fsp3) is 0.500. The molecule has 14 heavy (non-hydrogen) atoms. The van der Waals surface area contributed by atoms with Crippen molar-refractivity contribution in [2.75, 3.05) is 17.7 Å². The zero-order valence-electron chi connectivity index (χ0n) is 8.35. The highest BCUT2D eigenvalue weighted by Crippen LogP contribution is 2.23. The van der Waals surface area contributed by atoms with Crippen LogP contribution in [-0.2, 0) is 12.8 Å². The molecule has 0 bridgehead atoms. The molecule has 1 aliphatic rings. The fourth-order valence-corrected chi connectivity index (χ4v) is 2.09. The number of nitrogens with one attached hydrogen (secondary N) is 1. The molecule has 0 atom stereocenters. The highest BCUT2D eigenvalue weighted by molar-refractivity contribution is 6.17. The van der Waals surface area contributed by atoms with E-state index in [-0.39, 0.29) is 0 Å². The van der Waals surface area contributed by atoms with Crippen LogP contribution < -0.4 is 5.32 Å². The molecule has 1 aromatic rings. The summed E-state index contributed by atoms with van der Waals surface area (Å²) in [6.45, 7) is 1.12. The molecule has 1 heterocycles. The highest BCUT2D eigenvalue weighted by Gasteiger charge is 2.08. The van der Waals surface area contributed by atoms with Gasteiger partial charge in [-0.2, -0.15) is 0 Å². The third kappa shape index (κ3) is 2.21. The molecule has 0 unspecified atom stereocenters.